The van der Waals surface area contributed by atoms with Crippen LogP contribution in [0.1, 0.15) is 17.5 Å². The number of sulfonamides is 1. The second-order valence-corrected chi connectivity index (χ2v) is 7.93. The SMILES string of the molecule is Cc1ccc(C)c(N(CCC(=O)Nc2c(F)cccc2F)S(C)(=O)=O)c1. The highest BCUT2D eigenvalue weighted by Crippen LogP contribution is 2.24. The average Bonchev–Trinajstić information content (AvgIpc) is 2.53. The molecule has 140 valence electrons. The van der Waals surface area contributed by atoms with Crippen molar-refractivity contribution in [3.63, 3.8) is 0 Å². The molecule has 0 unspecified atom stereocenters. The van der Waals surface area contributed by atoms with Gasteiger partial charge in [0.25, 0.3) is 0 Å². The topological polar surface area (TPSA) is 66.5 Å². The quantitative estimate of drug-likeness (QED) is 0.833. The highest BCUT2D eigenvalue weighted by atomic mass is 32.2. The summed E-state index contributed by atoms with van der Waals surface area (Å²) in [7, 11) is -3.64. The van der Waals surface area contributed by atoms with Crippen molar-refractivity contribution in [1.82, 2.24) is 0 Å². The van der Waals surface area contributed by atoms with Gasteiger partial charge in [-0.3, -0.25) is 9.10 Å². The molecule has 1 N–H and O–H groups in total. The van der Waals surface area contributed by atoms with E-state index in [-0.39, 0.29) is 13.0 Å². The standard InChI is InChI=1S/C18H20F2N2O3S/c1-12-7-8-13(2)16(11-12)22(26(3,24)25)10-9-17(23)21-18-14(19)5-4-6-15(18)20/h4-8,11H,9-10H2,1-3H3,(H,21,23). The van der Waals surface area contributed by atoms with Crippen LogP contribution in [0.3, 0.4) is 0 Å². The fourth-order valence-corrected chi connectivity index (χ4v) is 3.45. The third kappa shape index (κ3) is 4.78. The summed E-state index contributed by atoms with van der Waals surface area (Å²) < 4.78 is 52.6. The monoisotopic (exact) mass is 382 g/mol. The number of anilines is 2. The van der Waals surface area contributed by atoms with Crippen LogP contribution in [-0.2, 0) is 14.8 Å². The van der Waals surface area contributed by atoms with Crippen molar-refractivity contribution in [2.45, 2.75) is 20.3 Å². The summed E-state index contributed by atoms with van der Waals surface area (Å²) in [4.78, 5) is 12.1. The smallest absolute Gasteiger partial charge is 0.232 e. The summed E-state index contributed by atoms with van der Waals surface area (Å²) in [6.07, 6.45) is 0.789. The molecule has 0 saturated carbocycles. The first kappa shape index (κ1) is 19.8. The van der Waals surface area contributed by atoms with E-state index in [1.807, 2.05) is 13.0 Å². The van der Waals surface area contributed by atoms with Crippen LogP contribution in [0.2, 0.25) is 0 Å². The minimum absolute atomic E-state index is 0.148. The zero-order chi connectivity index (χ0) is 19.5. The summed E-state index contributed by atoms with van der Waals surface area (Å²) in [5, 5.41) is 2.15. The lowest BCUT2D eigenvalue weighted by Crippen LogP contribution is -2.33. The molecule has 0 aliphatic rings. The number of amides is 1. The van der Waals surface area contributed by atoms with Gasteiger partial charge >= 0.3 is 0 Å². The van der Waals surface area contributed by atoms with E-state index in [0.717, 1.165) is 33.8 Å². The first-order chi connectivity index (χ1) is 12.1. The number of para-hydroxylation sites is 1. The highest BCUT2D eigenvalue weighted by molar-refractivity contribution is 7.92. The number of halogens is 2. The van der Waals surface area contributed by atoms with Gasteiger partial charge in [-0.05, 0) is 43.2 Å². The van der Waals surface area contributed by atoms with Crippen LogP contribution >= 0.6 is 0 Å². The molecular weight excluding hydrogens is 362 g/mol. The zero-order valence-corrected chi connectivity index (χ0v) is 15.5. The Labute approximate surface area is 151 Å². The first-order valence-electron chi connectivity index (χ1n) is 7.88. The Balaban J connectivity index is 2.18. The summed E-state index contributed by atoms with van der Waals surface area (Å²) >= 11 is 0. The Hall–Kier alpha value is -2.48. The summed E-state index contributed by atoms with van der Waals surface area (Å²) in [5.74, 6) is -2.48. The lowest BCUT2D eigenvalue weighted by Gasteiger charge is -2.24. The summed E-state index contributed by atoms with van der Waals surface area (Å²) in [5.41, 5.74) is 1.53. The van der Waals surface area contributed by atoms with Crippen LogP contribution in [-0.4, -0.2) is 27.1 Å². The molecule has 0 aliphatic heterocycles. The summed E-state index contributed by atoms with van der Waals surface area (Å²) in [6, 6.07) is 8.59. The first-order valence-corrected chi connectivity index (χ1v) is 9.73. The lowest BCUT2D eigenvalue weighted by atomic mass is 10.1. The maximum atomic E-state index is 13.6. The van der Waals surface area contributed by atoms with Crippen molar-refractivity contribution in [1.29, 1.82) is 0 Å². The van der Waals surface area contributed by atoms with Gasteiger partial charge in [0.1, 0.15) is 17.3 Å². The molecular formula is C18H20F2N2O3S. The van der Waals surface area contributed by atoms with Crippen molar-refractivity contribution >= 4 is 27.3 Å². The van der Waals surface area contributed by atoms with E-state index in [1.54, 1.807) is 19.1 Å². The molecule has 2 aromatic carbocycles. The van der Waals surface area contributed by atoms with Crippen LogP contribution in [0.15, 0.2) is 36.4 Å². The van der Waals surface area contributed by atoms with Gasteiger partial charge in [0.2, 0.25) is 15.9 Å². The Morgan fingerprint density at radius 3 is 2.31 bits per heavy atom. The average molecular weight is 382 g/mol. The molecule has 0 fully saturated rings. The fraction of sp³-hybridized carbons (Fsp3) is 0.278. The normalized spacial score (nSPS) is 11.3. The third-order valence-electron chi connectivity index (χ3n) is 3.80. The number of nitrogens with one attached hydrogen (secondary N) is 1. The predicted molar refractivity (Wildman–Crippen MR) is 97.7 cm³/mol. The van der Waals surface area contributed by atoms with E-state index < -0.39 is 33.3 Å². The molecule has 0 aromatic heterocycles. The molecule has 0 radical (unpaired) electrons. The van der Waals surface area contributed by atoms with Crippen LogP contribution in [0.25, 0.3) is 0 Å². The Kier molecular flexibility index (Phi) is 5.97. The van der Waals surface area contributed by atoms with Crippen LogP contribution < -0.4 is 9.62 Å². The summed E-state index contributed by atoms with van der Waals surface area (Å²) in [6.45, 7) is 3.45. The second kappa shape index (κ2) is 7.82. The van der Waals surface area contributed by atoms with Gasteiger partial charge < -0.3 is 5.32 Å². The Morgan fingerprint density at radius 2 is 1.73 bits per heavy atom. The van der Waals surface area contributed by atoms with Gasteiger partial charge in [-0.1, -0.05) is 18.2 Å². The molecule has 2 rings (SSSR count). The van der Waals surface area contributed by atoms with E-state index in [4.69, 9.17) is 0 Å². The molecule has 0 bridgehead atoms. The molecule has 2 aromatic rings. The minimum Gasteiger partial charge on any atom is -0.321 e. The zero-order valence-electron chi connectivity index (χ0n) is 14.7. The molecule has 0 heterocycles. The van der Waals surface area contributed by atoms with Crippen LogP contribution in [0, 0.1) is 25.5 Å². The van der Waals surface area contributed by atoms with E-state index in [0.29, 0.717) is 5.69 Å². The number of aryl methyl sites for hydroxylation is 2. The second-order valence-electron chi connectivity index (χ2n) is 6.02. The predicted octanol–water partition coefficient (Wildman–Crippen LogP) is 3.38. The number of rotatable bonds is 6. The van der Waals surface area contributed by atoms with E-state index in [1.165, 1.54) is 6.07 Å². The van der Waals surface area contributed by atoms with E-state index in [2.05, 4.69) is 5.32 Å². The molecule has 5 nitrogen and oxygen atoms in total. The van der Waals surface area contributed by atoms with Gasteiger partial charge in [-0.15, -0.1) is 0 Å². The molecule has 26 heavy (non-hydrogen) atoms. The number of benzene rings is 2. The third-order valence-corrected chi connectivity index (χ3v) is 4.98. The highest BCUT2D eigenvalue weighted by Gasteiger charge is 2.21. The van der Waals surface area contributed by atoms with Crippen LogP contribution in [0.5, 0.6) is 0 Å². The molecule has 0 spiro atoms. The van der Waals surface area contributed by atoms with Crippen molar-refractivity contribution in [3.8, 4) is 0 Å². The largest absolute Gasteiger partial charge is 0.321 e. The maximum absolute atomic E-state index is 13.6. The number of hydrogen-bond donors (Lipinski definition) is 1. The van der Waals surface area contributed by atoms with Gasteiger partial charge in [-0.2, -0.15) is 0 Å². The van der Waals surface area contributed by atoms with Crippen molar-refractivity contribution < 1.29 is 22.0 Å². The molecule has 1 amide bonds. The molecule has 0 saturated heterocycles. The van der Waals surface area contributed by atoms with Gasteiger partial charge in [0, 0.05) is 13.0 Å². The number of hydrogen-bond acceptors (Lipinski definition) is 3. The van der Waals surface area contributed by atoms with E-state index in [9.17, 15) is 22.0 Å². The van der Waals surface area contributed by atoms with Crippen molar-refractivity contribution in [3.05, 3.63) is 59.2 Å². The van der Waals surface area contributed by atoms with Crippen LogP contribution in [0.4, 0.5) is 20.2 Å². The number of carbonyl (C=O) groups excluding carboxylic acids is 1. The van der Waals surface area contributed by atoms with E-state index >= 15 is 0 Å². The molecule has 0 aliphatic carbocycles. The number of nitrogens with zero attached hydrogens (tertiary/aromatic N) is 1. The molecule has 0 atom stereocenters. The van der Waals surface area contributed by atoms with Crippen molar-refractivity contribution in [2.24, 2.45) is 0 Å². The fourth-order valence-electron chi connectivity index (χ4n) is 2.48. The van der Waals surface area contributed by atoms with Gasteiger partial charge in [-0.25, -0.2) is 17.2 Å². The van der Waals surface area contributed by atoms with Crippen molar-refractivity contribution in [2.75, 3.05) is 22.4 Å². The van der Waals surface area contributed by atoms with Gasteiger partial charge in [0.05, 0.1) is 11.9 Å². The Bertz CT molecular complexity index is 910. The Morgan fingerprint density at radius 1 is 1.12 bits per heavy atom. The minimum atomic E-state index is -3.64. The maximum Gasteiger partial charge on any atom is 0.232 e. The molecule has 8 heteroatoms. The number of carbonyl (C=O) groups is 1. The van der Waals surface area contributed by atoms with Gasteiger partial charge in [0.15, 0.2) is 0 Å². The lowest BCUT2D eigenvalue weighted by molar-refractivity contribution is -0.116.